The normalized spacial score (nSPS) is 28.8. The van der Waals surface area contributed by atoms with Gasteiger partial charge in [0.15, 0.2) is 0 Å². The number of rotatable bonds is 4. The first-order valence-electron chi connectivity index (χ1n) is 7.33. The molecule has 0 aromatic carbocycles. The van der Waals surface area contributed by atoms with Crippen LogP contribution in [0.5, 0.6) is 0 Å². The molecule has 0 bridgehead atoms. The molecule has 0 saturated heterocycles. The van der Waals surface area contributed by atoms with Crippen molar-refractivity contribution in [3.05, 3.63) is 18.0 Å². The molecular formula is C15H27N3. The Morgan fingerprint density at radius 1 is 1.33 bits per heavy atom. The van der Waals surface area contributed by atoms with Crippen LogP contribution in [0.25, 0.3) is 0 Å². The van der Waals surface area contributed by atoms with Crippen LogP contribution in [-0.4, -0.2) is 15.8 Å². The van der Waals surface area contributed by atoms with Gasteiger partial charge in [-0.25, -0.2) is 0 Å². The van der Waals surface area contributed by atoms with Crippen molar-refractivity contribution in [1.82, 2.24) is 15.1 Å². The Balaban J connectivity index is 1.93. The lowest BCUT2D eigenvalue weighted by Gasteiger charge is -2.32. The molecule has 0 radical (unpaired) electrons. The van der Waals surface area contributed by atoms with Crippen molar-refractivity contribution in [3.63, 3.8) is 0 Å². The lowest BCUT2D eigenvalue weighted by molar-refractivity contribution is 0.200. The number of hydrogen-bond donors (Lipinski definition) is 1. The predicted molar refractivity (Wildman–Crippen MR) is 75.4 cm³/mol. The van der Waals surface area contributed by atoms with Crippen LogP contribution in [0.3, 0.4) is 0 Å². The molecule has 102 valence electrons. The first-order valence-corrected chi connectivity index (χ1v) is 7.33. The molecule has 3 atom stereocenters. The van der Waals surface area contributed by atoms with Gasteiger partial charge in [-0.15, -0.1) is 0 Å². The molecule has 3 unspecified atom stereocenters. The highest BCUT2D eigenvalue weighted by atomic mass is 15.3. The lowest BCUT2D eigenvalue weighted by Crippen LogP contribution is -2.24. The van der Waals surface area contributed by atoms with Crippen LogP contribution in [0.15, 0.2) is 12.3 Å². The molecule has 18 heavy (non-hydrogen) atoms. The Bertz CT molecular complexity index is 370. The monoisotopic (exact) mass is 249 g/mol. The third-order valence-electron chi connectivity index (χ3n) is 4.30. The third kappa shape index (κ3) is 3.35. The molecule has 1 heterocycles. The highest BCUT2D eigenvalue weighted by Crippen LogP contribution is 2.35. The average Bonchev–Trinajstić information content (AvgIpc) is 2.79. The van der Waals surface area contributed by atoms with E-state index in [-0.39, 0.29) is 0 Å². The van der Waals surface area contributed by atoms with E-state index in [2.05, 4.69) is 50.0 Å². The van der Waals surface area contributed by atoms with Gasteiger partial charge >= 0.3 is 0 Å². The summed E-state index contributed by atoms with van der Waals surface area (Å²) >= 11 is 0. The predicted octanol–water partition coefficient (Wildman–Crippen LogP) is 3.38. The average molecular weight is 249 g/mol. The zero-order chi connectivity index (χ0) is 13.1. The first kappa shape index (κ1) is 13.6. The molecule has 1 aromatic rings. The SMILES string of the molecule is CC(C)NCc1ccn(C2CCC(C)C(C)C2)n1. The molecule has 1 aliphatic carbocycles. The molecule has 0 amide bonds. The summed E-state index contributed by atoms with van der Waals surface area (Å²) in [7, 11) is 0. The summed E-state index contributed by atoms with van der Waals surface area (Å²) in [5, 5.41) is 8.14. The number of nitrogens with one attached hydrogen (secondary N) is 1. The van der Waals surface area contributed by atoms with E-state index in [0.29, 0.717) is 12.1 Å². The van der Waals surface area contributed by atoms with Gasteiger partial charge in [-0.3, -0.25) is 4.68 Å². The Kier molecular flexibility index (Phi) is 4.44. The van der Waals surface area contributed by atoms with Crippen LogP contribution >= 0.6 is 0 Å². The summed E-state index contributed by atoms with van der Waals surface area (Å²) in [6, 6.07) is 3.28. The Morgan fingerprint density at radius 3 is 2.78 bits per heavy atom. The van der Waals surface area contributed by atoms with Gasteiger partial charge in [0.1, 0.15) is 0 Å². The smallest absolute Gasteiger partial charge is 0.0762 e. The highest BCUT2D eigenvalue weighted by molar-refractivity contribution is 5.00. The fourth-order valence-electron chi connectivity index (χ4n) is 2.74. The quantitative estimate of drug-likeness (QED) is 0.886. The maximum Gasteiger partial charge on any atom is 0.0762 e. The van der Waals surface area contributed by atoms with E-state index in [1.54, 1.807) is 0 Å². The van der Waals surface area contributed by atoms with Gasteiger partial charge in [0, 0.05) is 18.8 Å². The van der Waals surface area contributed by atoms with Gasteiger partial charge in [0.25, 0.3) is 0 Å². The van der Waals surface area contributed by atoms with E-state index in [0.717, 1.165) is 24.1 Å². The summed E-state index contributed by atoms with van der Waals surface area (Å²) in [4.78, 5) is 0. The van der Waals surface area contributed by atoms with Crippen molar-refractivity contribution in [2.45, 2.75) is 65.6 Å². The molecule has 0 aliphatic heterocycles. The van der Waals surface area contributed by atoms with Gasteiger partial charge in [-0.2, -0.15) is 5.10 Å². The maximum absolute atomic E-state index is 4.72. The van der Waals surface area contributed by atoms with Crippen molar-refractivity contribution in [3.8, 4) is 0 Å². The second-order valence-electron chi connectivity index (χ2n) is 6.24. The van der Waals surface area contributed by atoms with E-state index >= 15 is 0 Å². The van der Waals surface area contributed by atoms with E-state index in [4.69, 9.17) is 5.10 Å². The van der Waals surface area contributed by atoms with Crippen molar-refractivity contribution in [1.29, 1.82) is 0 Å². The van der Waals surface area contributed by atoms with Gasteiger partial charge in [0.05, 0.1) is 11.7 Å². The molecule has 0 spiro atoms. The minimum atomic E-state index is 0.519. The molecule has 2 rings (SSSR count). The zero-order valence-corrected chi connectivity index (χ0v) is 12.2. The van der Waals surface area contributed by atoms with Gasteiger partial charge in [-0.05, 0) is 37.2 Å². The molecule has 1 aromatic heterocycles. The summed E-state index contributed by atoms with van der Waals surface area (Å²) in [5.74, 6) is 1.70. The lowest BCUT2D eigenvalue weighted by atomic mass is 9.79. The van der Waals surface area contributed by atoms with Crippen LogP contribution in [0.2, 0.25) is 0 Å². The number of nitrogens with zero attached hydrogens (tertiary/aromatic N) is 2. The van der Waals surface area contributed by atoms with Crippen molar-refractivity contribution in [2.24, 2.45) is 11.8 Å². The van der Waals surface area contributed by atoms with Crippen molar-refractivity contribution in [2.75, 3.05) is 0 Å². The minimum Gasteiger partial charge on any atom is -0.309 e. The van der Waals surface area contributed by atoms with Gasteiger partial charge in [-0.1, -0.05) is 27.7 Å². The minimum absolute atomic E-state index is 0.519. The second-order valence-corrected chi connectivity index (χ2v) is 6.24. The Morgan fingerprint density at radius 2 is 2.11 bits per heavy atom. The highest BCUT2D eigenvalue weighted by Gasteiger charge is 2.25. The molecule has 1 aliphatic rings. The van der Waals surface area contributed by atoms with Crippen molar-refractivity contribution < 1.29 is 0 Å². The van der Waals surface area contributed by atoms with Crippen LogP contribution in [0.1, 0.15) is 58.7 Å². The summed E-state index contributed by atoms with van der Waals surface area (Å²) in [5.41, 5.74) is 1.16. The fraction of sp³-hybridized carbons (Fsp3) is 0.800. The third-order valence-corrected chi connectivity index (χ3v) is 4.30. The number of aromatic nitrogens is 2. The fourth-order valence-corrected chi connectivity index (χ4v) is 2.74. The van der Waals surface area contributed by atoms with E-state index in [1.807, 2.05) is 0 Å². The Labute approximate surface area is 111 Å². The van der Waals surface area contributed by atoms with E-state index in [1.165, 1.54) is 19.3 Å². The van der Waals surface area contributed by atoms with Crippen LogP contribution < -0.4 is 5.32 Å². The van der Waals surface area contributed by atoms with Crippen LogP contribution in [0, 0.1) is 11.8 Å². The zero-order valence-electron chi connectivity index (χ0n) is 12.2. The molecule has 1 saturated carbocycles. The summed E-state index contributed by atoms with van der Waals surface area (Å²) in [6.07, 6.45) is 6.06. The molecule has 3 heteroatoms. The number of hydrogen-bond acceptors (Lipinski definition) is 2. The summed E-state index contributed by atoms with van der Waals surface area (Å²) in [6.45, 7) is 9.97. The second kappa shape index (κ2) is 5.87. The standard InChI is InChI=1S/C15H27N3/c1-11(2)16-10-14-7-8-18(17-14)15-6-5-12(3)13(4)9-15/h7-8,11-13,15-16H,5-6,9-10H2,1-4H3. The van der Waals surface area contributed by atoms with Crippen LogP contribution in [0.4, 0.5) is 0 Å². The van der Waals surface area contributed by atoms with Crippen molar-refractivity contribution >= 4 is 0 Å². The van der Waals surface area contributed by atoms with Gasteiger partial charge in [0.2, 0.25) is 0 Å². The molecule has 3 nitrogen and oxygen atoms in total. The topological polar surface area (TPSA) is 29.9 Å². The van der Waals surface area contributed by atoms with Crippen LogP contribution in [-0.2, 0) is 6.54 Å². The van der Waals surface area contributed by atoms with Gasteiger partial charge < -0.3 is 5.32 Å². The largest absolute Gasteiger partial charge is 0.309 e. The van der Waals surface area contributed by atoms with E-state index < -0.39 is 0 Å². The summed E-state index contributed by atoms with van der Waals surface area (Å²) < 4.78 is 2.19. The molecule has 1 fully saturated rings. The molecular weight excluding hydrogens is 222 g/mol. The first-order chi connectivity index (χ1) is 8.56. The Hall–Kier alpha value is -0.830. The van der Waals surface area contributed by atoms with E-state index in [9.17, 15) is 0 Å². The maximum atomic E-state index is 4.72. The molecule has 1 N–H and O–H groups in total.